The van der Waals surface area contributed by atoms with Crippen molar-refractivity contribution in [1.29, 1.82) is 0 Å². The average molecular weight is 656 g/mol. The first kappa shape index (κ1) is 36.4. The van der Waals surface area contributed by atoms with Crippen molar-refractivity contribution in [2.24, 2.45) is 5.92 Å². The van der Waals surface area contributed by atoms with E-state index in [9.17, 15) is 29.1 Å². The van der Waals surface area contributed by atoms with Crippen LogP contribution in [-0.4, -0.2) is 89.6 Å². The topological polar surface area (TPSA) is 175 Å². The lowest BCUT2D eigenvalue weighted by atomic mass is 10.0. The van der Waals surface area contributed by atoms with Crippen LogP contribution >= 0.6 is 11.8 Å². The summed E-state index contributed by atoms with van der Waals surface area (Å²) < 4.78 is 6.08. The van der Waals surface area contributed by atoms with E-state index in [0.717, 1.165) is 11.1 Å². The number of ether oxygens (including phenoxy) is 1. The van der Waals surface area contributed by atoms with Gasteiger partial charge < -0.3 is 36.4 Å². The van der Waals surface area contributed by atoms with Gasteiger partial charge in [-0.3, -0.25) is 24.0 Å². The number of fused-ring (bicyclic) bond motifs is 17. The minimum atomic E-state index is -1.41. The number of rotatable bonds is 7. The summed E-state index contributed by atoms with van der Waals surface area (Å²) in [6.45, 7) is 6.44. The molecule has 2 aromatic carbocycles. The largest absolute Gasteiger partial charge is 0.491 e. The van der Waals surface area contributed by atoms with Gasteiger partial charge in [-0.25, -0.2) is 0 Å². The highest BCUT2D eigenvalue weighted by Gasteiger charge is 2.34. The Hall–Kier alpha value is -4.10. The van der Waals surface area contributed by atoms with Gasteiger partial charge in [-0.05, 0) is 55.7 Å². The predicted molar refractivity (Wildman–Crippen MR) is 176 cm³/mol. The molecule has 13 heteroatoms. The zero-order valence-electron chi connectivity index (χ0n) is 26.9. The fraction of sp³-hybridized carbons (Fsp3) is 0.485. The molecule has 2 bridgehead atoms. The molecule has 0 radical (unpaired) electrons. The second kappa shape index (κ2) is 17.6. The third-order valence-corrected chi connectivity index (χ3v) is 8.03. The second-order valence-electron chi connectivity index (χ2n) is 11.8. The first-order valence-corrected chi connectivity index (χ1v) is 16.7. The Morgan fingerprint density at radius 1 is 0.891 bits per heavy atom. The maximum atomic E-state index is 13.6. The molecule has 6 atom stereocenters. The molecule has 2 aliphatic rings. The Morgan fingerprint density at radius 3 is 2.13 bits per heavy atom. The number of hydrogen-bond donors (Lipinski definition) is 6. The Morgan fingerprint density at radius 2 is 1.52 bits per heavy atom. The summed E-state index contributed by atoms with van der Waals surface area (Å²) in [5, 5.41) is 23.9. The minimum Gasteiger partial charge on any atom is -0.491 e. The Kier molecular flexibility index (Phi) is 13.9. The second-order valence-corrected chi connectivity index (χ2v) is 12.7. The molecule has 0 aromatic heterocycles. The van der Waals surface area contributed by atoms with Crippen molar-refractivity contribution in [2.45, 2.75) is 76.8 Å². The highest BCUT2D eigenvalue weighted by molar-refractivity contribution is 7.99. The van der Waals surface area contributed by atoms with Crippen LogP contribution in [0.5, 0.6) is 5.75 Å². The number of thioether (sulfide) groups is 1. The van der Waals surface area contributed by atoms with Gasteiger partial charge in [-0.2, -0.15) is 11.8 Å². The van der Waals surface area contributed by atoms with Gasteiger partial charge in [0.1, 0.15) is 36.5 Å². The lowest BCUT2D eigenvalue weighted by molar-refractivity contribution is -0.136. The van der Waals surface area contributed by atoms with E-state index in [1.807, 2.05) is 30.3 Å². The zero-order valence-corrected chi connectivity index (χ0v) is 27.7. The lowest BCUT2D eigenvalue weighted by Crippen LogP contribution is -2.61. The van der Waals surface area contributed by atoms with Crippen LogP contribution in [0.2, 0.25) is 0 Å². The standard InChI is InChI=1S/C33H45N5O7S/c1-19(2)28-32(43)35-24(15-22-9-7-6-8-10-22)17-45-25-13-11-23(12-14-25)16-26(36-27(40)18-46-5)31(42)34-20(3)30(41)38-29(21(4)39)33(44)37-28/h6-14,19-21,24,26,28-29,39H,15-18H2,1-5H3,(H,34,42)(H,35,43)(H,36,40)(H,37,44)(H,38,41)/t20-,21-,24+,26+,28-,29+/m1/s1. The summed E-state index contributed by atoms with van der Waals surface area (Å²) in [5.74, 6) is -2.51. The molecule has 0 unspecified atom stereocenters. The highest BCUT2D eigenvalue weighted by Crippen LogP contribution is 2.16. The summed E-state index contributed by atoms with van der Waals surface area (Å²) in [7, 11) is 0. The number of carbonyl (C=O) groups is 5. The smallest absolute Gasteiger partial charge is 0.245 e. The van der Waals surface area contributed by atoms with Crippen LogP contribution in [0.15, 0.2) is 54.6 Å². The van der Waals surface area contributed by atoms with E-state index >= 15 is 0 Å². The van der Waals surface area contributed by atoms with Crippen molar-refractivity contribution in [2.75, 3.05) is 18.6 Å². The van der Waals surface area contributed by atoms with Gasteiger partial charge in [0.15, 0.2) is 0 Å². The maximum Gasteiger partial charge on any atom is 0.245 e. The average Bonchev–Trinajstić information content (AvgIpc) is 3.01. The first-order chi connectivity index (χ1) is 21.9. The van der Waals surface area contributed by atoms with E-state index < -0.39 is 59.9 Å². The Balaban J connectivity index is 1.96. The van der Waals surface area contributed by atoms with Crippen molar-refractivity contribution in [1.82, 2.24) is 26.6 Å². The van der Waals surface area contributed by atoms with E-state index in [-0.39, 0.29) is 30.6 Å². The maximum absolute atomic E-state index is 13.6. The van der Waals surface area contributed by atoms with Gasteiger partial charge in [0.2, 0.25) is 29.5 Å². The number of amides is 5. The lowest BCUT2D eigenvalue weighted by Gasteiger charge is -2.29. The third kappa shape index (κ3) is 11.1. The molecule has 0 saturated carbocycles. The van der Waals surface area contributed by atoms with E-state index in [4.69, 9.17) is 4.74 Å². The van der Waals surface area contributed by atoms with Crippen LogP contribution in [0.3, 0.4) is 0 Å². The fourth-order valence-corrected chi connectivity index (χ4v) is 5.26. The van der Waals surface area contributed by atoms with E-state index in [2.05, 4.69) is 26.6 Å². The minimum absolute atomic E-state index is 0.124. The van der Waals surface area contributed by atoms with Gasteiger partial charge in [0.25, 0.3) is 0 Å². The SMILES string of the molecule is CSCC(=O)N[C@H]1Cc2ccc(cc2)OC[C@H](Cc2ccccc2)NC(=O)[C@@H](C(C)C)NC(=O)[C@H]([C@@H](C)O)NC(=O)[C@@H](C)NC1=O. The molecular formula is C33H45N5O7S. The van der Waals surface area contributed by atoms with E-state index in [1.54, 1.807) is 44.4 Å². The number of aliphatic hydroxyl groups is 1. The molecule has 250 valence electrons. The molecule has 4 rings (SSSR count). The monoisotopic (exact) mass is 655 g/mol. The van der Waals surface area contributed by atoms with Crippen LogP contribution in [-0.2, 0) is 36.8 Å². The normalized spacial score (nSPS) is 24.1. The summed E-state index contributed by atoms with van der Waals surface area (Å²) in [5.41, 5.74) is 1.72. The van der Waals surface area contributed by atoms with Gasteiger partial charge in [-0.1, -0.05) is 56.3 Å². The molecule has 2 heterocycles. The molecule has 2 aliphatic heterocycles. The number of aliphatic hydroxyl groups excluding tert-OH is 1. The van der Waals surface area contributed by atoms with Crippen LogP contribution in [0.4, 0.5) is 0 Å². The fourth-order valence-electron chi connectivity index (χ4n) is 4.91. The zero-order chi connectivity index (χ0) is 33.8. The van der Waals surface area contributed by atoms with Gasteiger partial charge in [-0.15, -0.1) is 0 Å². The number of nitrogens with one attached hydrogen (secondary N) is 5. The number of benzene rings is 2. The van der Waals surface area contributed by atoms with Crippen molar-refractivity contribution < 1.29 is 33.8 Å². The summed E-state index contributed by atoms with van der Waals surface area (Å²) in [6.07, 6.45) is 1.05. The van der Waals surface area contributed by atoms with Crippen LogP contribution in [0.1, 0.15) is 38.8 Å². The number of carbonyl (C=O) groups excluding carboxylic acids is 5. The number of hydrogen-bond acceptors (Lipinski definition) is 8. The van der Waals surface area contributed by atoms with E-state index in [0.29, 0.717) is 12.2 Å². The van der Waals surface area contributed by atoms with Crippen molar-refractivity contribution in [3.63, 3.8) is 0 Å². The van der Waals surface area contributed by atoms with E-state index in [1.165, 1.54) is 25.6 Å². The summed E-state index contributed by atoms with van der Waals surface area (Å²) >= 11 is 1.31. The molecule has 0 saturated heterocycles. The molecule has 46 heavy (non-hydrogen) atoms. The Labute approximate surface area is 274 Å². The summed E-state index contributed by atoms with van der Waals surface area (Å²) in [6, 6.07) is 11.7. The van der Waals surface area contributed by atoms with Crippen molar-refractivity contribution in [3.05, 3.63) is 65.7 Å². The molecule has 6 N–H and O–H groups in total. The van der Waals surface area contributed by atoms with Crippen molar-refractivity contribution >= 4 is 41.3 Å². The predicted octanol–water partition coefficient (Wildman–Crippen LogP) is 0.708. The molecule has 0 aliphatic carbocycles. The quantitative estimate of drug-likeness (QED) is 0.237. The summed E-state index contributed by atoms with van der Waals surface area (Å²) in [4.78, 5) is 65.8. The van der Waals surface area contributed by atoms with Gasteiger partial charge in [0.05, 0.1) is 17.9 Å². The molecule has 0 fully saturated rings. The first-order valence-electron chi connectivity index (χ1n) is 15.3. The van der Waals surface area contributed by atoms with Crippen LogP contribution < -0.4 is 31.3 Å². The van der Waals surface area contributed by atoms with Crippen LogP contribution in [0.25, 0.3) is 0 Å². The molecule has 12 nitrogen and oxygen atoms in total. The molecular weight excluding hydrogens is 610 g/mol. The third-order valence-electron chi connectivity index (χ3n) is 7.47. The van der Waals surface area contributed by atoms with Crippen molar-refractivity contribution in [3.8, 4) is 5.75 Å². The molecule has 2 aromatic rings. The van der Waals surface area contributed by atoms with Gasteiger partial charge >= 0.3 is 0 Å². The van der Waals surface area contributed by atoms with Gasteiger partial charge in [0, 0.05) is 6.42 Å². The highest BCUT2D eigenvalue weighted by atomic mass is 32.2. The molecule has 5 amide bonds. The molecule has 0 spiro atoms. The Bertz CT molecular complexity index is 1340. The van der Waals surface area contributed by atoms with Crippen LogP contribution in [0, 0.1) is 5.92 Å².